The molecule has 0 aliphatic carbocycles. The van der Waals surface area contributed by atoms with Crippen LogP contribution in [0.5, 0.6) is 11.5 Å². The van der Waals surface area contributed by atoms with Gasteiger partial charge in [-0.15, -0.1) is 0 Å². The fourth-order valence-corrected chi connectivity index (χ4v) is 4.14. The van der Waals surface area contributed by atoms with Gasteiger partial charge in [0, 0.05) is 43.6 Å². The molecular formula is C27H23F2N5O5. The zero-order valence-electron chi connectivity index (χ0n) is 20.7. The van der Waals surface area contributed by atoms with Crippen LogP contribution in [0, 0.1) is 5.82 Å². The summed E-state index contributed by atoms with van der Waals surface area (Å²) >= 11 is 0. The van der Waals surface area contributed by atoms with E-state index >= 15 is 0 Å². The van der Waals surface area contributed by atoms with E-state index in [4.69, 9.17) is 9.47 Å². The molecule has 1 aliphatic rings. The van der Waals surface area contributed by atoms with Crippen LogP contribution in [-0.2, 0) is 24.3 Å². The van der Waals surface area contributed by atoms with Crippen LogP contribution in [0.15, 0.2) is 54.7 Å². The van der Waals surface area contributed by atoms with E-state index in [1.165, 1.54) is 13.0 Å². The summed E-state index contributed by atoms with van der Waals surface area (Å²) in [5, 5.41) is 9.22. The molecule has 2 aromatic carbocycles. The van der Waals surface area contributed by atoms with Crippen molar-refractivity contribution in [2.24, 2.45) is 0 Å². The monoisotopic (exact) mass is 535 g/mol. The molecule has 0 fully saturated rings. The number of nitrogens with one attached hydrogen (secondary N) is 2. The van der Waals surface area contributed by atoms with Crippen molar-refractivity contribution in [3.05, 3.63) is 88.6 Å². The number of fused-ring (bicyclic) bond motifs is 2. The molecule has 1 unspecified atom stereocenters. The van der Waals surface area contributed by atoms with Crippen molar-refractivity contribution in [2.75, 3.05) is 6.61 Å². The summed E-state index contributed by atoms with van der Waals surface area (Å²) in [6.45, 7) is 1.35. The Kier molecular flexibility index (Phi) is 7.17. The number of halogens is 2. The van der Waals surface area contributed by atoms with Crippen LogP contribution >= 0.6 is 0 Å². The molecule has 4 aromatic rings. The summed E-state index contributed by atoms with van der Waals surface area (Å²) in [6, 6.07) is 13.1. The largest absolute Gasteiger partial charge is 0.486 e. The van der Waals surface area contributed by atoms with Gasteiger partial charge in [-0.3, -0.25) is 14.4 Å². The van der Waals surface area contributed by atoms with Crippen LogP contribution in [0.2, 0.25) is 0 Å². The number of benzene rings is 2. The van der Waals surface area contributed by atoms with E-state index in [-0.39, 0.29) is 54.7 Å². The van der Waals surface area contributed by atoms with Crippen molar-refractivity contribution in [1.82, 2.24) is 25.2 Å². The van der Waals surface area contributed by atoms with Crippen LogP contribution in [-0.4, -0.2) is 45.2 Å². The lowest BCUT2D eigenvalue weighted by molar-refractivity contribution is -0.121. The Hall–Kier alpha value is -4.87. The molecule has 1 aliphatic heterocycles. The lowest BCUT2D eigenvalue weighted by atomic mass is 10.0. The van der Waals surface area contributed by atoms with E-state index in [2.05, 4.69) is 20.7 Å². The number of nitrogens with zero attached hydrogens (tertiary/aromatic N) is 3. The highest BCUT2D eigenvalue weighted by Gasteiger charge is 2.21. The highest BCUT2D eigenvalue weighted by atomic mass is 19.1. The number of para-hydroxylation sites is 1. The quantitative estimate of drug-likeness (QED) is 0.356. The maximum atomic E-state index is 14.4. The van der Waals surface area contributed by atoms with Crippen LogP contribution in [0.3, 0.4) is 0 Å². The molecule has 12 heteroatoms. The first kappa shape index (κ1) is 25.8. The number of rotatable bonds is 8. The van der Waals surface area contributed by atoms with Crippen molar-refractivity contribution >= 4 is 23.2 Å². The minimum Gasteiger partial charge on any atom is -0.486 e. The molecule has 0 spiro atoms. The third-order valence-corrected chi connectivity index (χ3v) is 5.95. The summed E-state index contributed by atoms with van der Waals surface area (Å²) in [6.07, 6.45) is -0.410. The zero-order valence-corrected chi connectivity index (χ0v) is 20.7. The number of ether oxygens (including phenoxy) is 2. The fraction of sp³-hybridized carbons (Fsp3) is 0.222. The Morgan fingerprint density at radius 3 is 2.74 bits per heavy atom. The molecule has 0 saturated carbocycles. The van der Waals surface area contributed by atoms with Gasteiger partial charge in [0.15, 0.2) is 17.2 Å². The Labute approximate surface area is 220 Å². The average molecular weight is 536 g/mol. The van der Waals surface area contributed by atoms with Gasteiger partial charge in [0.2, 0.25) is 6.36 Å². The van der Waals surface area contributed by atoms with Crippen molar-refractivity contribution < 1.29 is 32.6 Å². The van der Waals surface area contributed by atoms with Gasteiger partial charge < -0.3 is 20.1 Å². The van der Waals surface area contributed by atoms with Crippen LogP contribution in [0.1, 0.15) is 44.6 Å². The molecular weight excluding hydrogens is 512 g/mol. The Morgan fingerprint density at radius 2 is 1.92 bits per heavy atom. The number of ketones is 1. The second-order valence-corrected chi connectivity index (χ2v) is 8.83. The van der Waals surface area contributed by atoms with E-state index in [1.54, 1.807) is 42.5 Å². The lowest BCUT2D eigenvalue weighted by Crippen LogP contribution is -2.29. The van der Waals surface area contributed by atoms with Gasteiger partial charge in [-0.1, -0.05) is 24.3 Å². The first-order valence-electron chi connectivity index (χ1n) is 12.0. The molecule has 1 atom stereocenters. The van der Waals surface area contributed by atoms with Gasteiger partial charge in [-0.25, -0.2) is 18.3 Å². The highest BCUT2D eigenvalue weighted by molar-refractivity contribution is 5.98. The summed E-state index contributed by atoms with van der Waals surface area (Å²) in [4.78, 5) is 41.8. The Morgan fingerprint density at radius 1 is 1.13 bits per heavy atom. The second kappa shape index (κ2) is 10.9. The minimum absolute atomic E-state index is 0.0264. The molecule has 0 saturated heterocycles. The molecule has 5 rings (SSSR count). The number of hydrogen-bond donors (Lipinski definition) is 2. The highest BCUT2D eigenvalue weighted by Crippen LogP contribution is 2.24. The molecule has 3 heterocycles. The average Bonchev–Trinajstić information content (AvgIpc) is 3.30. The molecule has 0 bridgehead atoms. The third kappa shape index (κ3) is 5.69. The number of amides is 2. The van der Waals surface area contributed by atoms with E-state index in [0.29, 0.717) is 11.3 Å². The number of carbonyl (C=O) groups is 3. The summed E-state index contributed by atoms with van der Waals surface area (Å²) in [7, 11) is 0. The van der Waals surface area contributed by atoms with Gasteiger partial charge in [0.25, 0.3) is 11.8 Å². The van der Waals surface area contributed by atoms with Gasteiger partial charge in [-0.2, -0.15) is 5.10 Å². The Bertz CT molecular complexity index is 1590. The van der Waals surface area contributed by atoms with E-state index in [1.807, 2.05) is 0 Å². The standard InChI is InChI=1S/C27H23F2N5O5/c1-15(28)39-24-5-3-2-4-17(24)12-31-27(37)22-10-21(33-25-20(29)13-32-34(22)25)26(36)30-11-16-6-7-23-18(8-16)9-19(35)14-38-23/h2-8,10,13,15H,9,11-12,14H2,1H3,(H,30,36)(H,31,37). The van der Waals surface area contributed by atoms with E-state index in [9.17, 15) is 23.2 Å². The van der Waals surface area contributed by atoms with Gasteiger partial charge in [0.05, 0.1) is 6.20 Å². The molecule has 39 heavy (non-hydrogen) atoms. The zero-order chi connectivity index (χ0) is 27.5. The molecule has 10 nitrogen and oxygen atoms in total. The first-order chi connectivity index (χ1) is 18.8. The summed E-state index contributed by atoms with van der Waals surface area (Å²) in [5.41, 5.74) is 1.34. The van der Waals surface area contributed by atoms with Crippen molar-refractivity contribution in [3.8, 4) is 11.5 Å². The lowest BCUT2D eigenvalue weighted by Gasteiger charge is -2.17. The minimum atomic E-state index is -1.55. The SMILES string of the molecule is CC(F)Oc1ccccc1CNC(=O)c1cc(C(=O)NCc2ccc3c(c2)CC(=O)CO3)nc2c(F)cnn12. The van der Waals surface area contributed by atoms with E-state index < -0.39 is 24.0 Å². The smallest absolute Gasteiger partial charge is 0.270 e. The van der Waals surface area contributed by atoms with Crippen molar-refractivity contribution in [1.29, 1.82) is 0 Å². The third-order valence-electron chi connectivity index (χ3n) is 5.95. The number of alkyl halides is 1. The van der Waals surface area contributed by atoms with Crippen LogP contribution in [0.25, 0.3) is 5.65 Å². The number of Topliss-reactive ketones (excluding diaryl/α,β-unsaturated/α-hetero) is 1. The predicted octanol–water partition coefficient (Wildman–Crippen LogP) is 2.93. The molecule has 200 valence electrons. The number of hydrogen-bond acceptors (Lipinski definition) is 7. The molecule has 2 aromatic heterocycles. The molecule has 2 N–H and O–H groups in total. The van der Waals surface area contributed by atoms with Crippen molar-refractivity contribution in [2.45, 2.75) is 32.8 Å². The second-order valence-electron chi connectivity index (χ2n) is 8.83. The van der Waals surface area contributed by atoms with Crippen LogP contribution in [0.4, 0.5) is 8.78 Å². The van der Waals surface area contributed by atoms with Gasteiger partial charge >= 0.3 is 0 Å². The van der Waals surface area contributed by atoms with Crippen LogP contribution < -0.4 is 20.1 Å². The van der Waals surface area contributed by atoms with Gasteiger partial charge in [-0.05, 0) is 23.8 Å². The normalized spacial score (nSPS) is 13.4. The number of carbonyl (C=O) groups excluding carboxylic acids is 3. The fourth-order valence-electron chi connectivity index (χ4n) is 4.14. The van der Waals surface area contributed by atoms with Crippen molar-refractivity contribution in [3.63, 3.8) is 0 Å². The maximum absolute atomic E-state index is 14.4. The number of aromatic nitrogens is 3. The molecule has 0 radical (unpaired) electrons. The Balaban J connectivity index is 1.34. The molecule has 2 amide bonds. The first-order valence-corrected chi connectivity index (χ1v) is 12.0. The topological polar surface area (TPSA) is 124 Å². The summed E-state index contributed by atoms with van der Waals surface area (Å²) < 4.78 is 39.3. The maximum Gasteiger partial charge on any atom is 0.270 e. The van der Waals surface area contributed by atoms with Gasteiger partial charge in [0.1, 0.15) is 29.5 Å². The van der Waals surface area contributed by atoms with E-state index in [0.717, 1.165) is 21.8 Å². The summed E-state index contributed by atoms with van der Waals surface area (Å²) in [5.74, 6) is -1.28. The predicted molar refractivity (Wildman–Crippen MR) is 134 cm³/mol.